The Morgan fingerprint density at radius 1 is 1.21 bits per heavy atom. The first-order valence-electron chi connectivity index (χ1n) is 10.5. The van der Waals surface area contributed by atoms with Crippen molar-refractivity contribution in [3.63, 3.8) is 0 Å². The summed E-state index contributed by atoms with van der Waals surface area (Å²) in [6.45, 7) is 2.03. The third kappa shape index (κ3) is 6.66. The predicted octanol–water partition coefficient (Wildman–Crippen LogP) is 2.13. The van der Waals surface area contributed by atoms with Gasteiger partial charge >= 0.3 is 0 Å². The summed E-state index contributed by atoms with van der Waals surface area (Å²) in [5.74, 6) is -1.00. The number of carbonyl (C=O) groups is 2. The summed E-state index contributed by atoms with van der Waals surface area (Å²) >= 11 is 12.0. The maximum atomic E-state index is 12.6. The minimum absolute atomic E-state index is 0.0716. The zero-order valence-corrected chi connectivity index (χ0v) is 19.7. The second kappa shape index (κ2) is 11.3. The van der Waals surface area contributed by atoms with E-state index >= 15 is 0 Å². The molecule has 182 valence electrons. The molecule has 0 radical (unpaired) electrons. The van der Waals surface area contributed by atoms with E-state index in [9.17, 15) is 24.9 Å². The van der Waals surface area contributed by atoms with Crippen LogP contribution in [0.15, 0.2) is 35.3 Å². The second-order valence-corrected chi connectivity index (χ2v) is 8.50. The highest BCUT2D eigenvalue weighted by Gasteiger charge is 2.20. The van der Waals surface area contributed by atoms with Crippen molar-refractivity contribution < 1.29 is 24.9 Å². The molecule has 0 spiro atoms. The highest BCUT2D eigenvalue weighted by Crippen LogP contribution is 2.35. The number of guanidine groups is 1. The van der Waals surface area contributed by atoms with Gasteiger partial charge in [-0.25, -0.2) is 0 Å². The quantitative estimate of drug-likeness (QED) is 0.301. The van der Waals surface area contributed by atoms with E-state index in [0.29, 0.717) is 35.2 Å². The molecule has 10 nitrogen and oxygen atoms in total. The molecule has 0 bridgehead atoms. The van der Waals surface area contributed by atoms with Crippen molar-refractivity contribution in [2.45, 2.75) is 25.5 Å². The summed E-state index contributed by atoms with van der Waals surface area (Å²) in [6, 6.07) is 6.51. The Morgan fingerprint density at radius 2 is 1.97 bits per heavy atom. The topological polar surface area (TPSA) is 155 Å². The zero-order valence-electron chi connectivity index (χ0n) is 18.2. The molecule has 0 fully saturated rings. The van der Waals surface area contributed by atoms with E-state index in [2.05, 4.69) is 26.3 Å². The van der Waals surface area contributed by atoms with Gasteiger partial charge in [-0.05, 0) is 30.7 Å². The number of nitrogens with zero attached hydrogens (tertiary/aromatic N) is 1. The van der Waals surface area contributed by atoms with Gasteiger partial charge < -0.3 is 36.6 Å². The van der Waals surface area contributed by atoms with Crippen molar-refractivity contribution in [1.82, 2.24) is 16.0 Å². The first-order valence-corrected chi connectivity index (χ1v) is 11.2. The molecule has 1 unspecified atom stereocenters. The number of aliphatic hydroxyl groups is 1. The van der Waals surface area contributed by atoms with Crippen LogP contribution in [0.5, 0.6) is 11.5 Å². The lowest BCUT2D eigenvalue weighted by Crippen LogP contribution is -2.42. The van der Waals surface area contributed by atoms with Gasteiger partial charge in [0.1, 0.15) is 11.5 Å². The van der Waals surface area contributed by atoms with Crippen molar-refractivity contribution in [2.24, 2.45) is 4.99 Å². The molecule has 1 aliphatic heterocycles. The van der Waals surface area contributed by atoms with E-state index in [1.807, 2.05) is 6.92 Å². The number of benzene rings is 2. The van der Waals surface area contributed by atoms with Gasteiger partial charge in [-0.15, -0.1) is 0 Å². The lowest BCUT2D eigenvalue weighted by Gasteiger charge is -2.20. The molecule has 0 aromatic heterocycles. The molecule has 3 rings (SSSR count). The molecule has 34 heavy (non-hydrogen) atoms. The number of halogens is 2. The molecule has 2 atom stereocenters. The minimum atomic E-state index is -0.579. The van der Waals surface area contributed by atoms with Crippen LogP contribution in [-0.2, 0) is 4.79 Å². The normalized spacial score (nSPS) is 16.1. The molecule has 2 amide bonds. The Labute approximate surface area is 206 Å². The highest BCUT2D eigenvalue weighted by molar-refractivity contribution is 6.35. The van der Waals surface area contributed by atoms with Crippen LogP contribution < -0.4 is 21.3 Å². The Morgan fingerprint density at radius 3 is 2.65 bits per heavy atom. The number of β-amino-alcohol motifs (C(OH)–C–C–N with tert-alkyl or cyclic N) is 1. The average Bonchev–Trinajstić information content (AvgIpc) is 2.79. The second-order valence-electron chi connectivity index (χ2n) is 7.65. The Bertz CT molecular complexity index is 1110. The number of anilines is 1. The van der Waals surface area contributed by atoms with Crippen LogP contribution in [0.1, 0.15) is 35.3 Å². The van der Waals surface area contributed by atoms with E-state index in [-0.39, 0.29) is 35.2 Å². The zero-order chi connectivity index (χ0) is 24.8. The molecule has 12 heteroatoms. The monoisotopic (exact) mass is 509 g/mol. The van der Waals surface area contributed by atoms with Crippen LogP contribution in [0.2, 0.25) is 10.0 Å². The number of aliphatic imine (C=N–C) groups is 1. The number of amides is 2. The number of hydrogen-bond acceptors (Lipinski definition) is 8. The molecule has 0 saturated carbocycles. The molecule has 0 saturated heterocycles. The Balaban J connectivity index is 1.61. The van der Waals surface area contributed by atoms with Gasteiger partial charge in [-0.1, -0.05) is 30.1 Å². The Hall–Kier alpha value is -3.21. The van der Waals surface area contributed by atoms with Gasteiger partial charge in [-0.3, -0.25) is 14.6 Å². The molecule has 1 heterocycles. The van der Waals surface area contributed by atoms with Gasteiger partial charge in [0.25, 0.3) is 5.91 Å². The fourth-order valence-corrected chi connectivity index (χ4v) is 3.83. The van der Waals surface area contributed by atoms with E-state index in [4.69, 9.17) is 23.2 Å². The summed E-state index contributed by atoms with van der Waals surface area (Å²) in [5, 5.41) is 41.1. The smallest absolute Gasteiger partial charge is 0.251 e. The fourth-order valence-electron chi connectivity index (χ4n) is 3.33. The fraction of sp³-hybridized carbons (Fsp3) is 0.318. The Kier molecular flexibility index (Phi) is 8.43. The molecular weight excluding hydrogens is 485 g/mol. The lowest BCUT2D eigenvalue weighted by molar-refractivity contribution is -0.120. The molecule has 0 aliphatic carbocycles. The van der Waals surface area contributed by atoms with Gasteiger partial charge in [-0.2, -0.15) is 0 Å². The third-order valence-corrected chi connectivity index (χ3v) is 5.50. The van der Waals surface area contributed by atoms with Gasteiger partial charge in [0, 0.05) is 34.4 Å². The number of hydrogen-bond donors (Lipinski definition) is 7. The van der Waals surface area contributed by atoms with Crippen LogP contribution in [-0.4, -0.2) is 58.8 Å². The number of aliphatic hydroxyl groups excluding tert-OH is 1. The number of nitrogens with one attached hydrogen (secondary N) is 4. The molecule has 7 N–H and O–H groups in total. The largest absolute Gasteiger partial charge is 0.508 e. The summed E-state index contributed by atoms with van der Waals surface area (Å²) < 4.78 is 0. The summed E-state index contributed by atoms with van der Waals surface area (Å²) in [4.78, 5) is 29.1. The van der Waals surface area contributed by atoms with Crippen LogP contribution >= 0.6 is 23.2 Å². The first kappa shape index (κ1) is 25.4. The van der Waals surface area contributed by atoms with E-state index < -0.39 is 24.0 Å². The van der Waals surface area contributed by atoms with Gasteiger partial charge in [0.15, 0.2) is 5.96 Å². The summed E-state index contributed by atoms with van der Waals surface area (Å²) in [7, 11) is 0. The van der Waals surface area contributed by atoms with E-state index in [1.165, 1.54) is 30.3 Å². The molecule has 1 aliphatic rings. The molecule has 2 aromatic carbocycles. The van der Waals surface area contributed by atoms with E-state index in [0.717, 1.165) is 0 Å². The molecular formula is C22H25Cl2N5O5. The third-order valence-electron chi connectivity index (χ3n) is 4.99. The molecule has 2 aromatic rings. The van der Waals surface area contributed by atoms with Crippen LogP contribution in [0.4, 0.5) is 5.69 Å². The summed E-state index contributed by atoms with van der Waals surface area (Å²) in [6.07, 6.45) is -0.130. The number of rotatable bonds is 7. The number of aromatic hydroxyl groups is 2. The SMILES string of the molecule is CC[C@H](NC(=O)CNC(=O)c1cc(O)cc(NC2=NCC(O)CN2)c1)c1cc(Cl)cc(Cl)c1O. The maximum absolute atomic E-state index is 12.6. The van der Waals surface area contributed by atoms with E-state index in [1.54, 1.807) is 0 Å². The van der Waals surface area contributed by atoms with Crippen LogP contribution in [0.25, 0.3) is 0 Å². The van der Waals surface area contributed by atoms with Crippen molar-refractivity contribution >= 4 is 46.7 Å². The number of phenolic OH excluding ortho intramolecular Hbond substituents is 2. The van der Waals surface area contributed by atoms with Gasteiger partial charge in [0.05, 0.1) is 30.3 Å². The van der Waals surface area contributed by atoms with Crippen LogP contribution in [0.3, 0.4) is 0 Å². The maximum Gasteiger partial charge on any atom is 0.251 e. The number of carbonyl (C=O) groups excluding carboxylic acids is 2. The first-order chi connectivity index (χ1) is 16.2. The van der Waals surface area contributed by atoms with Crippen LogP contribution in [0, 0.1) is 0 Å². The lowest BCUT2D eigenvalue weighted by atomic mass is 10.0. The number of phenols is 2. The van der Waals surface area contributed by atoms with Crippen molar-refractivity contribution in [1.29, 1.82) is 0 Å². The van der Waals surface area contributed by atoms with Crippen molar-refractivity contribution in [3.05, 3.63) is 51.5 Å². The summed E-state index contributed by atoms with van der Waals surface area (Å²) in [5.41, 5.74) is 0.893. The highest BCUT2D eigenvalue weighted by atomic mass is 35.5. The van der Waals surface area contributed by atoms with Gasteiger partial charge in [0.2, 0.25) is 5.91 Å². The predicted molar refractivity (Wildman–Crippen MR) is 130 cm³/mol. The van der Waals surface area contributed by atoms with Crippen molar-refractivity contribution in [2.75, 3.05) is 25.0 Å². The van der Waals surface area contributed by atoms with Crippen molar-refractivity contribution in [3.8, 4) is 11.5 Å². The average molecular weight is 510 g/mol. The minimum Gasteiger partial charge on any atom is -0.508 e. The standard InChI is InChI=1S/C22H25Cl2N5O5/c1-2-18(16-5-12(23)6-17(24)20(16)33)29-19(32)10-25-21(34)11-3-13(7-14(30)4-11)28-22-26-8-15(31)9-27-22/h3-7,15,18,30-31,33H,2,8-10H2,1H3,(H,25,34)(H,29,32)(H2,26,27,28)/t18-/m0/s1.